The molecule has 0 spiro atoms. The number of rotatable bonds is 2. The fourth-order valence-electron chi connectivity index (χ4n) is 3.34. The maximum Gasteiger partial charge on any atom is 0.225 e. The molecule has 3 aliphatic rings. The lowest BCUT2D eigenvalue weighted by atomic mass is 9.91. The molecule has 3 rings (SSSR count). The van der Waals surface area contributed by atoms with Crippen LogP contribution in [0.15, 0.2) is 0 Å². The number of carbonyl (C=O) groups is 2. The molecule has 3 aliphatic heterocycles. The van der Waals surface area contributed by atoms with Crippen molar-refractivity contribution >= 4 is 11.8 Å². The SMILES string of the molecule is O=C1NCC2C1CCCN2C(=O)CC1COCCN1. The van der Waals surface area contributed by atoms with Crippen LogP contribution in [0.4, 0.5) is 0 Å². The van der Waals surface area contributed by atoms with Crippen LogP contribution >= 0.6 is 0 Å². The van der Waals surface area contributed by atoms with Gasteiger partial charge in [-0.25, -0.2) is 0 Å². The second kappa shape index (κ2) is 5.46. The van der Waals surface area contributed by atoms with Crippen molar-refractivity contribution in [3.05, 3.63) is 0 Å². The molecule has 3 saturated heterocycles. The van der Waals surface area contributed by atoms with E-state index < -0.39 is 0 Å². The normalized spacial score (nSPS) is 34.8. The van der Waals surface area contributed by atoms with Gasteiger partial charge in [-0.3, -0.25) is 9.59 Å². The molecule has 0 aliphatic carbocycles. The first-order chi connectivity index (χ1) is 9.25. The zero-order valence-corrected chi connectivity index (χ0v) is 11.1. The molecule has 0 radical (unpaired) electrons. The fraction of sp³-hybridized carbons (Fsp3) is 0.846. The number of fused-ring (bicyclic) bond motifs is 1. The maximum atomic E-state index is 12.4. The minimum atomic E-state index is 0.00765. The Balaban J connectivity index is 1.60. The molecule has 19 heavy (non-hydrogen) atoms. The van der Waals surface area contributed by atoms with Gasteiger partial charge in [-0.1, -0.05) is 0 Å². The highest BCUT2D eigenvalue weighted by molar-refractivity contribution is 5.84. The van der Waals surface area contributed by atoms with Crippen molar-refractivity contribution < 1.29 is 14.3 Å². The Morgan fingerprint density at radius 3 is 3.16 bits per heavy atom. The Bertz CT molecular complexity index is 368. The molecule has 6 nitrogen and oxygen atoms in total. The van der Waals surface area contributed by atoms with E-state index in [2.05, 4.69) is 10.6 Å². The number of piperidine rings is 1. The summed E-state index contributed by atoms with van der Waals surface area (Å²) >= 11 is 0. The topological polar surface area (TPSA) is 70.7 Å². The summed E-state index contributed by atoms with van der Waals surface area (Å²) in [5.74, 6) is 0.268. The summed E-state index contributed by atoms with van der Waals surface area (Å²) in [5.41, 5.74) is 0. The third-order valence-electron chi connectivity index (χ3n) is 4.34. The molecule has 2 N–H and O–H groups in total. The second-order valence-electron chi connectivity index (χ2n) is 5.58. The Morgan fingerprint density at radius 2 is 2.37 bits per heavy atom. The van der Waals surface area contributed by atoms with Crippen molar-refractivity contribution in [1.82, 2.24) is 15.5 Å². The predicted octanol–water partition coefficient (Wildman–Crippen LogP) is -0.898. The van der Waals surface area contributed by atoms with Gasteiger partial charge in [0.15, 0.2) is 0 Å². The first-order valence-electron chi connectivity index (χ1n) is 7.14. The quantitative estimate of drug-likeness (QED) is 0.680. The molecule has 3 fully saturated rings. The van der Waals surface area contributed by atoms with Crippen molar-refractivity contribution in [2.75, 3.05) is 32.8 Å². The number of hydrogen-bond acceptors (Lipinski definition) is 4. The zero-order valence-electron chi connectivity index (χ0n) is 11.1. The smallest absolute Gasteiger partial charge is 0.225 e. The largest absolute Gasteiger partial charge is 0.378 e. The predicted molar refractivity (Wildman–Crippen MR) is 68.5 cm³/mol. The molecule has 0 aromatic carbocycles. The van der Waals surface area contributed by atoms with Crippen LogP contribution in [0.2, 0.25) is 0 Å². The Kier molecular flexibility index (Phi) is 3.70. The van der Waals surface area contributed by atoms with Gasteiger partial charge in [0.25, 0.3) is 0 Å². The van der Waals surface area contributed by atoms with Gasteiger partial charge in [0, 0.05) is 32.1 Å². The molecule has 3 unspecified atom stereocenters. The van der Waals surface area contributed by atoms with Gasteiger partial charge < -0.3 is 20.3 Å². The van der Waals surface area contributed by atoms with Crippen LogP contribution in [0, 0.1) is 5.92 Å². The highest BCUT2D eigenvalue weighted by Crippen LogP contribution is 2.28. The summed E-state index contributed by atoms with van der Waals surface area (Å²) in [5, 5.41) is 6.18. The van der Waals surface area contributed by atoms with Crippen LogP contribution in [0.5, 0.6) is 0 Å². The summed E-state index contributed by atoms with van der Waals surface area (Å²) in [6.07, 6.45) is 2.30. The summed E-state index contributed by atoms with van der Waals surface area (Å²) in [6.45, 7) is 3.53. The molecular formula is C13H21N3O3. The van der Waals surface area contributed by atoms with Crippen LogP contribution in [0.1, 0.15) is 19.3 Å². The number of hydrogen-bond donors (Lipinski definition) is 2. The standard InChI is InChI=1S/C13H21N3O3/c17-12(6-9-8-19-5-3-14-9)16-4-1-2-10-11(16)7-15-13(10)18/h9-11,14H,1-8H2,(H,15,18). The summed E-state index contributed by atoms with van der Waals surface area (Å²) in [6, 6.07) is 0.185. The lowest BCUT2D eigenvalue weighted by molar-refractivity contribution is -0.137. The van der Waals surface area contributed by atoms with Crippen LogP contribution in [-0.4, -0.2) is 61.6 Å². The van der Waals surface area contributed by atoms with Crippen molar-refractivity contribution in [3.63, 3.8) is 0 Å². The number of amides is 2. The maximum absolute atomic E-state index is 12.4. The van der Waals surface area contributed by atoms with Crippen molar-refractivity contribution in [3.8, 4) is 0 Å². The van der Waals surface area contributed by atoms with Crippen LogP contribution in [-0.2, 0) is 14.3 Å². The van der Waals surface area contributed by atoms with Crippen molar-refractivity contribution in [1.29, 1.82) is 0 Å². The Morgan fingerprint density at radius 1 is 1.47 bits per heavy atom. The minimum Gasteiger partial charge on any atom is -0.378 e. The Labute approximate surface area is 112 Å². The summed E-state index contributed by atoms with van der Waals surface area (Å²) in [7, 11) is 0. The first-order valence-corrected chi connectivity index (χ1v) is 7.14. The summed E-state index contributed by atoms with van der Waals surface area (Å²) < 4.78 is 5.37. The molecule has 0 aromatic rings. The number of carbonyl (C=O) groups excluding carboxylic acids is 2. The van der Waals surface area contributed by atoms with Gasteiger partial charge >= 0.3 is 0 Å². The van der Waals surface area contributed by atoms with Gasteiger partial charge in [-0.05, 0) is 12.8 Å². The summed E-state index contributed by atoms with van der Waals surface area (Å²) in [4.78, 5) is 26.0. The van der Waals surface area contributed by atoms with E-state index >= 15 is 0 Å². The van der Waals surface area contributed by atoms with E-state index in [-0.39, 0.29) is 29.8 Å². The first kappa shape index (κ1) is 12.9. The molecule has 0 bridgehead atoms. The number of nitrogens with zero attached hydrogens (tertiary/aromatic N) is 1. The average molecular weight is 267 g/mol. The van der Waals surface area contributed by atoms with E-state index in [1.807, 2.05) is 4.90 Å². The zero-order chi connectivity index (χ0) is 13.2. The van der Waals surface area contributed by atoms with E-state index in [4.69, 9.17) is 4.74 Å². The van der Waals surface area contributed by atoms with Gasteiger partial charge in [-0.15, -0.1) is 0 Å². The number of ether oxygens (including phenoxy) is 1. The Hall–Kier alpha value is -1.14. The van der Waals surface area contributed by atoms with Crippen LogP contribution in [0.25, 0.3) is 0 Å². The highest BCUT2D eigenvalue weighted by Gasteiger charge is 2.42. The van der Waals surface area contributed by atoms with E-state index in [9.17, 15) is 9.59 Å². The second-order valence-corrected chi connectivity index (χ2v) is 5.58. The third-order valence-corrected chi connectivity index (χ3v) is 4.34. The monoisotopic (exact) mass is 267 g/mol. The van der Waals surface area contributed by atoms with Crippen molar-refractivity contribution in [2.24, 2.45) is 5.92 Å². The molecule has 0 aromatic heterocycles. The molecule has 106 valence electrons. The van der Waals surface area contributed by atoms with Crippen molar-refractivity contribution in [2.45, 2.75) is 31.3 Å². The average Bonchev–Trinajstić information content (AvgIpc) is 2.82. The van der Waals surface area contributed by atoms with E-state index in [0.717, 1.165) is 32.5 Å². The minimum absolute atomic E-state index is 0.00765. The van der Waals surface area contributed by atoms with E-state index in [1.165, 1.54) is 0 Å². The molecule has 6 heteroatoms. The van der Waals surface area contributed by atoms with Gasteiger partial charge in [0.05, 0.1) is 25.2 Å². The van der Waals surface area contributed by atoms with Crippen LogP contribution < -0.4 is 10.6 Å². The molecular weight excluding hydrogens is 246 g/mol. The lowest BCUT2D eigenvalue weighted by Gasteiger charge is -2.37. The molecule has 2 amide bonds. The van der Waals surface area contributed by atoms with E-state index in [1.54, 1.807) is 0 Å². The number of morpholine rings is 1. The van der Waals surface area contributed by atoms with Gasteiger partial charge in [0.2, 0.25) is 11.8 Å². The molecule has 3 atom stereocenters. The third kappa shape index (κ3) is 2.60. The molecule has 3 heterocycles. The van der Waals surface area contributed by atoms with Gasteiger partial charge in [0.1, 0.15) is 0 Å². The van der Waals surface area contributed by atoms with Gasteiger partial charge in [-0.2, -0.15) is 0 Å². The molecule has 0 saturated carbocycles. The van der Waals surface area contributed by atoms with E-state index in [0.29, 0.717) is 19.6 Å². The van der Waals surface area contributed by atoms with Crippen LogP contribution in [0.3, 0.4) is 0 Å². The highest BCUT2D eigenvalue weighted by atomic mass is 16.5. The number of likely N-dealkylation sites (tertiary alicyclic amines) is 1. The number of nitrogens with one attached hydrogen (secondary N) is 2. The lowest BCUT2D eigenvalue weighted by Crippen LogP contribution is -2.51. The fourth-order valence-corrected chi connectivity index (χ4v) is 3.34.